The lowest BCUT2D eigenvalue weighted by molar-refractivity contribution is 0.0600. The van der Waals surface area contributed by atoms with E-state index in [1.807, 2.05) is 54.2 Å². The van der Waals surface area contributed by atoms with Crippen LogP contribution in [0.5, 0.6) is 0 Å². The highest BCUT2D eigenvalue weighted by Gasteiger charge is 2.33. The second-order valence-corrected chi connectivity index (χ2v) is 9.60. The zero-order chi connectivity index (χ0) is 23.5. The van der Waals surface area contributed by atoms with Crippen molar-refractivity contribution in [1.29, 1.82) is 0 Å². The van der Waals surface area contributed by atoms with Crippen molar-refractivity contribution in [2.24, 2.45) is 5.10 Å². The first-order chi connectivity index (χ1) is 16.6. The molecule has 2 aliphatic heterocycles. The van der Waals surface area contributed by atoms with Crippen molar-refractivity contribution in [2.75, 3.05) is 30.2 Å². The van der Waals surface area contributed by atoms with Gasteiger partial charge in [-0.2, -0.15) is 16.9 Å². The van der Waals surface area contributed by atoms with Gasteiger partial charge in [-0.05, 0) is 41.0 Å². The lowest BCUT2D eigenvalue weighted by atomic mass is 9.91. The summed E-state index contributed by atoms with van der Waals surface area (Å²) in [4.78, 5) is 21.9. The fraction of sp³-hybridized carbons (Fsp3) is 0.231. The first-order valence-electron chi connectivity index (χ1n) is 11.0. The maximum atomic E-state index is 12.6. The number of anilines is 1. The molecular weight excluding hydrogens is 468 g/mol. The van der Waals surface area contributed by atoms with Crippen LogP contribution in [0.3, 0.4) is 0 Å². The van der Waals surface area contributed by atoms with Crippen LogP contribution in [0.1, 0.15) is 39.6 Å². The summed E-state index contributed by atoms with van der Waals surface area (Å²) in [5, 5.41) is 7.44. The number of esters is 1. The van der Waals surface area contributed by atoms with E-state index in [1.54, 1.807) is 11.2 Å². The first kappa shape index (κ1) is 22.6. The van der Waals surface area contributed by atoms with Crippen LogP contribution < -0.4 is 5.01 Å². The van der Waals surface area contributed by atoms with Crippen LogP contribution in [-0.4, -0.2) is 46.8 Å². The van der Waals surface area contributed by atoms with E-state index in [1.165, 1.54) is 7.11 Å². The molecule has 0 spiro atoms. The van der Waals surface area contributed by atoms with Crippen LogP contribution in [0.15, 0.2) is 72.0 Å². The second kappa shape index (κ2) is 9.99. The SMILES string of the molecule is COC(=O)c1cnc(C2=CCSCC2)nc1N1CC(c2ccccc2)C(c2ccc(Cl)cc2)=N1. The van der Waals surface area contributed by atoms with Crippen molar-refractivity contribution < 1.29 is 9.53 Å². The number of carbonyl (C=O) groups is 1. The number of allylic oxidation sites excluding steroid dienone is 1. The molecular formula is C26H23ClN4O2S. The summed E-state index contributed by atoms with van der Waals surface area (Å²) in [5.74, 6) is 2.57. The summed E-state index contributed by atoms with van der Waals surface area (Å²) >= 11 is 8.02. The Balaban J connectivity index is 1.61. The highest BCUT2D eigenvalue weighted by molar-refractivity contribution is 7.99. The van der Waals surface area contributed by atoms with E-state index in [2.05, 4.69) is 23.2 Å². The fourth-order valence-corrected chi connectivity index (χ4v) is 5.15. The Hall–Kier alpha value is -3.16. The molecule has 6 nitrogen and oxygen atoms in total. The number of benzene rings is 2. The topological polar surface area (TPSA) is 67.7 Å². The van der Waals surface area contributed by atoms with Crippen LogP contribution >= 0.6 is 23.4 Å². The zero-order valence-corrected chi connectivity index (χ0v) is 20.2. The number of hydrogen-bond donors (Lipinski definition) is 0. The summed E-state index contributed by atoms with van der Waals surface area (Å²) in [7, 11) is 1.36. The highest BCUT2D eigenvalue weighted by atomic mass is 35.5. The predicted molar refractivity (Wildman–Crippen MR) is 138 cm³/mol. The largest absolute Gasteiger partial charge is 0.465 e. The molecule has 0 N–H and O–H groups in total. The zero-order valence-electron chi connectivity index (χ0n) is 18.6. The minimum Gasteiger partial charge on any atom is -0.465 e. The average Bonchev–Trinajstić information content (AvgIpc) is 3.35. The third kappa shape index (κ3) is 4.58. The lowest BCUT2D eigenvalue weighted by Gasteiger charge is -2.19. The number of thioether (sulfide) groups is 1. The van der Waals surface area contributed by atoms with Gasteiger partial charge in [0.05, 0.1) is 19.4 Å². The van der Waals surface area contributed by atoms with Gasteiger partial charge in [0, 0.05) is 22.9 Å². The molecule has 1 unspecified atom stereocenters. The summed E-state index contributed by atoms with van der Waals surface area (Å²) in [6.45, 7) is 0.539. The van der Waals surface area contributed by atoms with Gasteiger partial charge in [0.15, 0.2) is 11.6 Å². The summed E-state index contributed by atoms with van der Waals surface area (Å²) in [6.07, 6.45) is 4.61. The Morgan fingerprint density at radius 2 is 1.94 bits per heavy atom. The van der Waals surface area contributed by atoms with Gasteiger partial charge in [0.25, 0.3) is 0 Å². The van der Waals surface area contributed by atoms with Crippen LogP contribution in [0.2, 0.25) is 5.02 Å². The molecule has 0 saturated heterocycles. The molecule has 3 aromatic rings. The second-order valence-electron chi connectivity index (χ2n) is 8.01. The number of carbonyl (C=O) groups excluding carboxylic acids is 1. The number of hydrogen-bond acceptors (Lipinski definition) is 7. The predicted octanol–water partition coefficient (Wildman–Crippen LogP) is 5.45. The first-order valence-corrected chi connectivity index (χ1v) is 12.6. The van der Waals surface area contributed by atoms with Gasteiger partial charge in [0.2, 0.25) is 0 Å². The van der Waals surface area contributed by atoms with E-state index < -0.39 is 5.97 Å². The molecule has 2 aliphatic rings. The molecule has 1 aromatic heterocycles. The summed E-state index contributed by atoms with van der Waals surface area (Å²) < 4.78 is 5.03. The molecule has 1 atom stereocenters. The van der Waals surface area contributed by atoms with E-state index in [0.717, 1.165) is 40.3 Å². The third-order valence-corrected chi connectivity index (χ3v) is 7.07. The van der Waals surface area contributed by atoms with Crippen molar-refractivity contribution in [3.63, 3.8) is 0 Å². The van der Waals surface area contributed by atoms with E-state index in [0.29, 0.717) is 28.8 Å². The van der Waals surface area contributed by atoms with Crippen molar-refractivity contribution in [1.82, 2.24) is 9.97 Å². The number of halogens is 1. The smallest absolute Gasteiger partial charge is 0.343 e. The normalized spacial score (nSPS) is 17.8. The fourth-order valence-electron chi connectivity index (χ4n) is 4.17. The quantitative estimate of drug-likeness (QED) is 0.443. The Labute approximate surface area is 207 Å². The average molecular weight is 491 g/mol. The van der Waals surface area contributed by atoms with Crippen LogP contribution in [0.4, 0.5) is 5.82 Å². The van der Waals surface area contributed by atoms with Crippen LogP contribution in [0.25, 0.3) is 5.57 Å². The van der Waals surface area contributed by atoms with Gasteiger partial charge in [0.1, 0.15) is 5.56 Å². The molecule has 0 saturated carbocycles. The highest BCUT2D eigenvalue weighted by Crippen LogP contribution is 2.34. The van der Waals surface area contributed by atoms with Crippen molar-refractivity contribution in [2.45, 2.75) is 12.3 Å². The van der Waals surface area contributed by atoms with E-state index >= 15 is 0 Å². The minimum absolute atomic E-state index is 0.00316. The molecule has 3 heterocycles. The lowest BCUT2D eigenvalue weighted by Crippen LogP contribution is -2.22. The van der Waals surface area contributed by atoms with Gasteiger partial charge in [-0.25, -0.2) is 19.8 Å². The molecule has 0 aliphatic carbocycles. The number of hydrazone groups is 1. The van der Waals surface area contributed by atoms with E-state index in [4.69, 9.17) is 26.4 Å². The maximum absolute atomic E-state index is 12.6. The van der Waals surface area contributed by atoms with Crippen LogP contribution in [-0.2, 0) is 4.74 Å². The van der Waals surface area contributed by atoms with Crippen molar-refractivity contribution in [3.05, 3.63) is 94.4 Å². The van der Waals surface area contributed by atoms with Gasteiger partial charge < -0.3 is 4.74 Å². The number of methoxy groups -OCH3 is 1. The van der Waals surface area contributed by atoms with Gasteiger partial charge in [-0.15, -0.1) is 0 Å². The molecule has 0 fully saturated rings. The number of nitrogens with zero attached hydrogens (tertiary/aromatic N) is 4. The third-order valence-electron chi connectivity index (χ3n) is 5.92. The Bertz CT molecular complexity index is 1260. The Kier molecular flexibility index (Phi) is 6.65. The molecule has 0 amide bonds. The number of rotatable bonds is 5. The van der Waals surface area contributed by atoms with Crippen molar-refractivity contribution in [3.8, 4) is 0 Å². The molecule has 2 aromatic carbocycles. The number of aromatic nitrogens is 2. The summed E-state index contributed by atoms with van der Waals surface area (Å²) in [6, 6.07) is 17.9. The minimum atomic E-state index is -0.485. The van der Waals surface area contributed by atoms with E-state index in [9.17, 15) is 4.79 Å². The van der Waals surface area contributed by atoms with E-state index in [-0.39, 0.29) is 5.92 Å². The van der Waals surface area contributed by atoms with Crippen molar-refractivity contribution >= 4 is 46.4 Å². The van der Waals surface area contributed by atoms with Gasteiger partial charge >= 0.3 is 5.97 Å². The summed E-state index contributed by atoms with van der Waals surface area (Å²) in [5.41, 5.74) is 4.40. The van der Waals surface area contributed by atoms with Gasteiger partial charge in [-0.1, -0.05) is 60.1 Å². The molecule has 34 heavy (non-hydrogen) atoms. The molecule has 0 bridgehead atoms. The molecule has 172 valence electrons. The van der Waals surface area contributed by atoms with Crippen LogP contribution in [0, 0.1) is 0 Å². The van der Waals surface area contributed by atoms with Gasteiger partial charge in [-0.3, -0.25) is 0 Å². The monoisotopic (exact) mass is 490 g/mol. The molecule has 0 radical (unpaired) electrons. The Morgan fingerprint density at radius 1 is 1.15 bits per heavy atom. The maximum Gasteiger partial charge on any atom is 0.343 e. The standard InChI is InChI=1S/C26H23ClN4O2S/c1-33-26(32)21-15-28-24(19-11-13-34-14-12-19)29-25(21)31-16-22(17-5-3-2-4-6-17)23(30-31)18-7-9-20(27)10-8-18/h2-11,15,22H,12-14,16H2,1H3. The molecule has 8 heteroatoms. The molecule has 5 rings (SSSR count). The number of ether oxygens (including phenoxy) is 1. The Morgan fingerprint density at radius 3 is 2.65 bits per heavy atom.